The average molecular weight is 256 g/mol. The SMILES string of the molecule is C=CCCOCCNC(=O)N(CC=C)CC(=O)O. The summed E-state index contributed by atoms with van der Waals surface area (Å²) in [6.07, 6.45) is 3.98. The van der Waals surface area contributed by atoms with Crippen molar-refractivity contribution in [1.82, 2.24) is 10.2 Å². The first-order valence-corrected chi connectivity index (χ1v) is 5.66. The van der Waals surface area contributed by atoms with Crippen molar-refractivity contribution in [1.29, 1.82) is 0 Å². The molecule has 18 heavy (non-hydrogen) atoms. The Balaban J connectivity index is 3.84. The van der Waals surface area contributed by atoms with Gasteiger partial charge >= 0.3 is 12.0 Å². The van der Waals surface area contributed by atoms with Crippen molar-refractivity contribution < 1.29 is 19.4 Å². The van der Waals surface area contributed by atoms with Crippen LogP contribution in [0.3, 0.4) is 0 Å². The third kappa shape index (κ3) is 8.35. The summed E-state index contributed by atoms with van der Waals surface area (Å²) in [5.41, 5.74) is 0. The van der Waals surface area contributed by atoms with Gasteiger partial charge in [-0.25, -0.2) is 4.79 Å². The van der Waals surface area contributed by atoms with Crippen molar-refractivity contribution >= 4 is 12.0 Å². The number of urea groups is 1. The highest BCUT2D eigenvalue weighted by Crippen LogP contribution is 1.90. The maximum absolute atomic E-state index is 11.6. The fourth-order valence-electron chi connectivity index (χ4n) is 1.15. The van der Waals surface area contributed by atoms with Crippen molar-refractivity contribution in [2.75, 3.05) is 32.8 Å². The van der Waals surface area contributed by atoms with Gasteiger partial charge in [0.2, 0.25) is 0 Å². The molecule has 0 unspecified atom stereocenters. The van der Waals surface area contributed by atoms with Crippen LogP contribution < -0.4 is 5.32 Å². The van der Waals surface area contributed by atoms with E-state index in [1.165, 1.54) is 6.08 Å². The van der Waals surface area contributed by atoms with Gasteiger partial charge in [0.05, 0.1) is 13.2 Å². The minimum absolute atomic E-state index is 0.190. The van der Waals surface area contributed by atoms with Crippen molar-refractivity contribution in [3.63, 3.8) is 0 Å². The highest BCUT2D eigenvalue weighted by molar-refractivity contribution is 5.80. The van der Waals surface area contributed by atoms with E-state index in [0.717, 1.165) is 11.3 Å². The van der Waals surface area contributed by atoms with E-state index >= 15 is 0 Å². The molecular weight excluding hydrogens is 236 g/mol. The predicted molar refractivity (Wildman–Crippen MR) is 68.4 cm³/mol. The number of carboxylic acid groups (broad SMARTS) is 1. The molecule has 0 aromatic carbocycles. The molecule has 0 heterocycles. The van der Waals surface area contributed by atoms with E-state index in [1.807, 2.05) is 0 Å². The highest BCUT2D eigenvalue weighted by atomic mass is 16.5. The van der Waals surface area contributed by atoms with Crippen molar-refractivity contribution in [2.45, 2.75) is 6.42 Å². The topological polar surface area (TPSA) is 78.9 Å². The number of carbonyl (C=O) groups is 2. The van der Waals surface area contributed by atoms with E-state index in [1.54, 1.807) is 6.08 Å². The van der Waals surface area contributed by atoms with Crippen LogP contribution in [0.5, 0.6) is 0 Å². The second kappa shape index (κ2) is 10.3. The first-order valence-electron chi connectivity index (χ1n) is 5.66. The number of carbonyl (C=O) groups excluding carboxylic acids is 1. The Morgan fingerprint density at radius 1 is 1.28 bits per heavy atom. The van der Waals surface area contributed by atoms with Crippen LogP contribution >= 0.6 is 0 Å². The Bertz CT molecular complexity index is 292. The standard InChI is InChI=1S/C12H20N2O4/c1-3-5-8-18-9-6-13-12(17)14(7-4-2)10-11(15)16/h3-4H,1-2,5-10H2,(H,13,17)(H,15,16). The fraction of sp³-hybridized carbons (Fsp3) is 0.500. The molecule has 0 saturated heterocycles. The molecule has 0 fully saturated rings. The summed E-state index contributed by atoms with van der Waals surface area (Å²) >= 11 is 0. The first kappa shape index (κ1) is 16.2. The summed E-state index contributed by atoms with van der Waals surface area (Å²) in [7, 11) is 0. The van der Waals surface area contributed by atoms with Gasteiger partial charge in [0, 0.05) is 13.1 Å². The molecule has 2 amide bonds. The molecule has 6 nitrogen and oxygen atoms in total. The summed E-state index contributed by atoms with van der Waals surface area (Å²) in [6.45, 7) is 8.15. The zero-order chi connectivity index (χ0) is 13.8. The van der Waals surface area contributed by atoms with Gasteiger partial charge in [0.15, 0.2) is 0 Å². The fourth-order valence-corrected chi connectivity index (χ4v) is 1.15. The van der Waals surface area contributed by atoms with Crippen LogP contribution in [0.25, 0.3) is 0 Å². The molecular formula is C12H20N2O4. The summed E-state index contributed by atoms with van der Waals surface area (Å²) in [6, 6.07) is -0.440. The van der Waals surface area contributed by atoms with Gasteiger partial charge in [-0.15, -0.1) is 13.2 Å². The Morgan fingerprint density at radius 3 is 2.56 bits per heavy atom. The van der Waals surface area contributed by atoms with Crippen LogP contribution in [0.4, 0.5) is 4.79 Å². The molecule has 0 atom stereocenters. The molecule has 0 aromatic rings. The lowest BCUT2D eigenvalue weighted by Crippen LogP contribution is -2.43. The van der Waals surface area contributed by atoms with E-state index in [2.05, 4.69) is 18.5 Å². The second-order valence-electron chi connectivity index (χ2n) is 3.48. The van der Waals surface area contributed by atoms with Crippen molar-refractivity contribution in [3.05, 3.63) is 25.3 Å². The molecule has 0 aliphatic carbocycles. The first-order chi connectivity index (χ1) is 8.61. The lowest BCUT2D eigenvalue weighted by atomic mass is 10.4. The molecule has 0 radical (unpaired) electrons. The Morgan fingerprint density at radius 2 is 2.00 bits per heavy atom. The molecule has 0 aliphatic rings. The largest absolute Gasteiger partial charge is 0.480 e. The van der Waals surface area contributed by atoms with Crippen LogP contribution in [-0.2, 0) is 9.53 Å². The molecule has 0 aromatic heterocycles. The third-order valence-corrected chi connectivity index (χ3v) is 1.95. The van der Waals surface area contributed by atoms with Gasteiger partial charge < -0.3 is 20.1 Å². The number of ether oxygens (including phenoxy) is 1. The third-order valence-electron chi connectivity index (χ3n) is 1.95. The normalized spacial score (nSPS) is 9.56. The van der Waals surface area contributed by atoms with Gasteiger partial charge in [0.1, 0.15) is 6.54 Å². The maximum atomic E-state index is 11.6. The zero-order valence-corrected chi connectivity index (χ0v) is 10.4. The molecule has 6 heteroatoms. The zero-order valence-electron chi connectivity index (χ0n) is 10.4. The molecule has 2 N–H and O–H groups in total. The smallest absolute Gasteiger partial charge is 0.323 e. The minimum Gasteiger partial charge on any atom is -0.480 e. The lowest BCUT2D eigenvalue weighted by molar-refractivity contribution is -0.137. The van der Waals surface area contributed by atoms with Crippen molar-refractivity contribution in [2.24, 2.45) is 0 Å². The number of amides is 2. The lowest BCUT2D eigenvalue weighted by Gasteiger charge is -2.19. The summed E-state index contributed by atoms with van der Waals surface area (Å²) in [4.78, 5) is 23.3. The molecule has 0 rings (SSSR count). The average Bonchev–Trinajstić information content (AvgIpc) is 2.32. The van der Waals surface area contributed by atoms with Gasteiger partial charge in [-0.1, -0.05) is 12.2 Å². The van der Waals surface area contributed by atoms with Gasteiger partial charge in [-0.2, -0.15) is 0 Å². The van der Waals surface area contributed by atoms with Crippen molar-refractivity contribution in [3.8, 4) is 0 Å². The summed E-state index contributed by atoms with van der Waals surface area (Å²) in [5.74, 6) is -1.06. The van der Waals surface area contributed by atoms with Crippen LogP contribution in [-0.4, -0.2) is 54.9 Å². The van der Waals surface area contributed by atoms with Crippen LogP contribution in [0.2, 0.25) is 0 Å². The van der Waals surface area contributed by atoms with E-state index in [9.17, 15) is 9.59 Å². The molecule has 0 spiro atoms. The Labute approximate surface area is 107 Å². The summed E-state index contributed by atoms with van der Waals surface area (Å²) < 4.78 is 5.20. The van der Waals surface area contributed by atoms with Gasteiger partial charge in [-0.05, 0) is 6.42 Å². The maximum Gasteiger partial charge on any atom is 0.323 e. The number of carboxylic acids is 1. The molecule has 0 aliphatic heterocycles. The van der Waals surface area contributed by atoms with Gasteiger partial charge in [-0.3, -0.25) is 4.79 Å². The summed E-state index contributed by atoms with van der Waals surface area (Å²) in [5, 5.41) is 11.2. The highest BCUT2D eigenvalue weighted by Gasteiger charge is 2.14. The Kier molecular flexibility index (Phi) is 9.30. The molecule has 0 bridgehead atoms. The van der Waals surface area contributed by atoms with Crippen LogP contribution in [0, 0.1) is 0 Å². The van der Waals surface area contributed by atoms with E-state index in [-0.39, 0.29) is 13.1 Å². The van der Waals surface area contributed by atoms with Crippen LogP contribution in [0.1, 0.15) is 6.42 Å². The van der Waals surface area contributed by atoms with E-state index < -0.39 is 12.0 Å². The Hall–Kier alpha value is -1.82. The number of aliphatic carboxylic acids is 1. The number of hydrogen-bond donors (Lipinski definition) is 2. The number of rotatable bonds is 10. The quantitative estimate of drug-likeness (QED) is 0.449. The molecule has 102 valence electrons. The van der Waals surface area contributed by atoms with Crippen LogP contribution in [0.15, 0.2) is 25.3 Å². The van der Waals surface area contributed by atoms with Gasteiger partial charge in [0.25, 0.3) is 0 Å². The van der Waals surface area contributed by atoms with E-state index in [0.29, 0.717) is 19.8 Å². The number of nitrogens with one attached hydrogen (secondary N) is 1. The van der Waals surface area contributed by atoms with E-state index in [4.69, 9.17) is 9.84 Å². The minimum atomic E-state index is -1.06. The predicted octanol–water partition coefficient (Wildman–Crippen LogP) is 0.861. The second-order valence-corrected chi connectivity index (χ2v) is 3.48. The monoisotopic (exact) mass is 256 g/mol. The molecule has 0 saturated carbocycles. The number of hydrogen-bond acceptors (Lipinski definition) is 3. The number of nitrogens with zero attached hydrogens (tertiary/aromatic N) is 1.